The van der Waals surface area contributed by atoms with Crippen LogP contribution in [-0.2, 0) is 45.4 Å². The van der Waals surface area contributed by atoms with E-state index >= 15 is 0 Å². The van der Waals surface area contributed by atoms with Gasteiger partial charge in [-0.25, -0.2) is 9.13 Å². The molecule has 8 saturated heterocycles. The van der Waals surface area contributed by atoms with E-state index in [2.05, 4.69) is 397 Å². The number of fused-ring (bicyclic) bond motifs is 8. The number of rotatable bonds is 18. The van der Waals surface area contributed by atoms with Crippen molar-refractivity contribution in [3.63, 3.8) is 0 Å². The third-order valence-electron chi connectivity index (χ3n) is 37.2. The van der Waals surface area contributed by atoms with E-state index in [4.69, 9.17) is 0 Å². The number of anilines is 1. The zero-order valence-electron chi connectivity index (χ0n) is 94.7. The first-order valence-electron chi connectivity index (χ1n) is 55.5. The highest BCUT2D eigenvalue weighted by atomic mass is 15.5. The molecule has 0 N–H and O–H groups in total. The normalized spacial score (nSPS) is 25.1. The smallest absolute Gasteiger partial charge is 0.206 e. The molecule has 0 radical (unpaired) electrons. The largest absolute Gasteiger partial charge is 0.363 e. The molecule has 4 aromatic heterocycles. The lowest BCUT2D eigenvalue weighted by Crippen LogP contribution is -2.66. The maximum Gasteiger partial charge on any atom is 0.206 e. The molecule has 4 aromatic rings. The summed E-state index contributed by atoms with van der Waals surface area (Å²) in [7, 11) is 7.32. The summed E-state index contributed by atoms with van der Waals surface area (Å²) in [6.07, 6.45) is 30.2. The summed E-state index contributed by atoms with van der Waals surface area (Å²) >= 11 is 0. The number of nitrogens with zero attached hydrogens (tertiary/aromatic N) is 16. The summed E-state index contributed by atoms with van der Waals surface area (Å²) in [4.78, 5) is 18.1. The lowest BCUT2D eigenvalue weighted by atomic mass is 9.64. The second-order valence-corrected chi connectivity index (χ2v) is 50.6. The van der Waals surface area contributed by atoms with Gasteiger partial charge in [-0.3, -0.25) is 29.4 Å². The van der Waals surface area contributed by atoms with Gasteiger partial charge < -0.3 is 27.3 Å². The van der Waals surface area contributed by atoms with E-state index in [9.17, 15) is 0 Å². The fourth-order valence-corrected chi connectivity index (χ4v) is 25.3. The molecule has 1 spiro atoms. The van der Waals surface area contributed by atoms with Crippen LogP contribution in [0, 0.1) is 16.7 Å². The lowest BCUT2D eigenvalue weighted by molar-refractivity contribution is -0.964. The molecule has 756 valence electrons. The molecular weight excluding hydrogens is 1630 g/mol. The Morgan fingerprint density at radius 3 is 1.24 bits per heavy atom. The lowest BCUT2D eigenvalue weighted by Gasteiger charge is -2.58. The summed E-state index contributed by atoms with van der Waals surface area (Å²) in [6.45, 7) is 112. The molecule has 0 saturated carbocycles. The monoisotopic (exact) mass is 1850 g/mol. The third kappa shape index (κ3) is 27.3. The molecule has 16 nitrogen and oxygen atoms in total. The molecule has 14 aliphatic heterocycles. The Morgan fingerprint density at radius 1 is 0.346 bits per heavy atom. The van der Waals surface area contributed by atoms with Gasteiger partial charge in [-0.1, -0.05) is 13.8 Å². The number of piperidine rings is 4. The Morgan fingerprint density at radius 2 is 0.805 bits per heavy atom. The maximum absolute atomic E-state index is 2.73. The van der Waals surface area contributed by atoms with Crippen molar-refractivity contribution in [2.24, 2.45) is 16.7 Å². The standard InChI is InChI=1S/C14H29N2.2C14H23N2.C13H25N2.C13H27N2.2C13H21N2.C13H26N.C10H22N/c1-12(2)15-10-14(11-15)6-8-16(5,9-7-14)13(3)4;1-11(2)15-7-5-14-10-16(12(3)4)8-6-13(14)9-15;1-11(2)15-7-5-13-6-8-16(12(3)4)10-14(13)9-15;1-10(2)14-6-12-8-15(5,11(3)4)9-13(12)7-14;1-10(2)14-8-6-13-12(14)7-9-15(13,5)11(3)4;1-10(2)14-8-5-6-12-13(14)7-9-15(12)11(3)4;1-10(2)14-8-12-6-5-7-15(11(3)4)13(12)9-14;1-11(2)13-5-8-14(9-6-13,10-7-13)12(3)4;1-9(2)11(10(3)4)7-5-6-8-11/h12-13H,6-11H2,1-5H3;2*5,7,9,11-12H,6,8,10H2,1-4H3;10-11H,6-9H2,1-5H3;10-13H,6-9H2,1-5H3;5-6,8,10-11H,7,9H2,1-4H3;5-7,10-11H,8-9H2,1-4H3;11-12H,5-10H2,1-4H3;9-10H,5-8H2,1-4H3/q9*+1. The summed E-state index contributed by atoms with van der Waals surface area (Å²) in [6, 6.07) is 27.0. The molecule has 16 heteroatoms. The molecule has 3 atom stereocenters. The molecule has 133 heavy (non-hydrogen) atoms. The molecule has 8 fully saturated rings. The molecule has 0 aromatic carbocycles. The molecule has 18 heterocycles. The number of quaternary nitrogens is 5. The SMILES string of the molecule is CC(C)C12CC[N+](C(C)C)(CC1)CC2.CC(C)N1CC2(CC[N+](C)(C(C)C)CC2)C1.CC(C)N1CC2=C(C1)C[N+](C)(C(C)C)C2.CC(C)N1CCC2C1CC[N+]2(C)C(C)C.CC(C)N1CCc2c1ccc[n+]2C(C)C.CC(C)N1CCc2c[n+](C(C)C)ccc2C1.CC(C)N1CCc2cc[n+](C(C)C)cc2C1.CC(C)N1Cc2ccc[n+](C(C)C)c2C1.CC(C)[N+]1(C(C)C)CCCC1. The summed E-state index contributed by atoms with van der Waals surface area (Å²) < 4.78 is 16.0. The number of likely N-dealkylation sites (N-methyl/N-ethyl adjacent to an activating group) is 2. The Hall–Kier alpha value is -4.30. The van der Waals surface area contributed by atoms with Crippen molar-refractivity contribution in [3.05, 3.63) is 124 Å². The van der Waals surface area contributed by atoms with Gasteiger partial charge in [0.05, 0.1) is 129 Å². The average Bonchev–Trinajstić information content (AvgIpc) is 1.18. The average molecular weight is 1850 g/mol. The van der Waals surface area contributed by atoms with E-state index in [-0.39, 0.29) is 0 Å². The van der Waals surface area contributed by atoms with Crippen LogP contribution in [0.25, 0.3) is 0 Å². The van der Waals surface area contributed by atoms with Crippen LogP contribution in [0.2, 0.25) is 0 Å². The highest BCUT2D eigenvalue weighted by Gasteiger charge is 2.55. The number of hydrogen-bond donors (Lipinski definition) is 0. The van der Waals surface area contributed by atoms with Crippen molar-refractivity contribution in [3.8, 4) is 0 Å². The first-order chi connectivity index (χ1) is 62.2. The van der Waals surface area contributed by atoms with E-state index in [1.165, 1.54) is 262 Å². The van der Waals surface area contributed by atoms with Crippen molar-refractivity contribution in [1.29, 1.82) is 0 Å². The fourth-order valence-electron chi connectivity index (χ4n) is 25.3. The highest BCUT2D eigenvalue weighted by molar-refractivity contribution is 5.53. The third-order valence-corrected chi connectivity index (χ3v) is 37.2. The van der Waals surface area contributed by atoms with Gasteiger partial charge in [0.25, 0.3) is 0 Å². The van der Waals surface area contributed by atoms with Gasteiger partial charge in [0.15, 0.2) is 67.0 Å². The van der Waals surface area contributed by atoms with Crippen molar-refractivity contribution < 1.29 is 40.7 Å². The van der Waals surface area contributed by atoms with E-state index < -0.39 is 0 Å². The van der Waals surface area contributed by atoms with Crippen molar-refractivity contribution in [2.45, 2.75) is 467 Å². The van der Waals surface area contributed by atoms with E-state index in [0.29, 0.717) is 59.8 Å². The number of pyridine rings is 4. The minimum absolute atomic E-state index is 0.555. The first-order valence-corrected chi connectivity index (χ1v) is 55.5. The van der Waals surface area contributed by atoms with Gasteiger partial charge in [0, 0.05) is 230 Å². The Labute approximate surface area is 822 Å². The molecule has 0 amide bonds. The number of aromatic nitrogens is 4. The van der Waals surface area contributed by atoms with Crippen molar-refractivity contribution in [1.82, 2.24) is 29.4 Å². The van der Waals surface area contributed by atoms with Crippen molar-refractivity contribution >= 4 is 5.69 Å². The predicted octanol–water partition coefficient (Wildman–Crippen LogP) is 21.0. The van der Waals surface area contributed by atoms with Gasteiger partial charge in [0.1, 0.15) is 24.8 Å². The minimum Gasteiger partial charge on any atom is -0.363 e. The number of likely N-dealkylation sites (tertiary alicyclic amines) is 5. The Kier molecular flexibility index (Phi) is 40.5. The van der Waals surface area contributed by atoms with Crippen LogP contribution in [0.5, 0.6) is 0 Å². The van der Waals surface area contributed by atoms with Crippen LogP contribution in [-0.4, -0.2) is 281 Å². The summed E-state index contributed by atoms with van der Waals surface area (Å²) in [5.41, 5.74) is 16.9. The zero-order valence-corrected chi connectivity index (χ0v) is 94.7. The van der Waals surface area contributed by atoms with Crippen molar-refractivity contribution in [2.75, 3.05) is 144 Å². The van der Waals surface area contributed by atoms with Crippen LogP contribution in [0.4, 0.5) is 5.69 Å². The molecule has 18 rings (SSSR count). The summed E-state index contributed by atoms with van der Waals surface area (Å²) in [5, 5.41) is 0. The van der Waals surface area contributed by atoms with Crippen LogP contribution < -0.4 is 23.2 Å². The van der Waals surface area contributed by atoms with Crippen LogP contribution in [0.15, 0.2) is 84.7 Å². The quantitative estimate of drug-likeness (QED) is 0.0558. The zero-order chi connectivity index (χ0) is 98.7. The Balaban J connectivity index is 0.000000168. The van der Waals surface area contributed by atoms with Gasteiger partial charge in [-0.05, 0) is 283 Å². The number of hydrogen-bond acceptors (Lipinski definition) is 7. The van der Waals surface area contributed by atoms with E-state index in [1.54, 1.807) is 11.1 Å². The molecular formula is C117H217N16+9. The maximum atomic E-state index is 2.73. The molecule has 14 aliphatic rings. The van der Waals surface area contributed by atoms with Gasteiger partial charge >= 0.3 is 0 Å². The first kappa shape index (κ1) is 112. The minimum atomic E-state index is 0.555. The molecule has 0 aliphatic carbocycles. The Bertz CT molecular complexity index is 4150. The van der Waals surface area contributed by atoms with E-state index in [0.717, 1.165) is 97.9 Å². The predicted molar refractivity (Wildman–Crippen MR) is 567 cm³/mol. The fraction of sp³-hybridized carbons (Fsp3) is 0.812. The van der Waals surface area contributed by atoms with Crippen LogP contribution >= 0.6 is 0 Å². The second kappa shape index (κ2) is 48.0. The summed E-state index contributed by atoms with van der Waals surface area (Å²) in [5.74, 6) is 0.900. The molecule has 3 unspecified atom stereocenters. The second-order valence-electron chi connectivity index (χ2n) is 50.6. The van der Waals surface area contributed by atoms with Crippen LogP contribution in [0.1, 0.15) is 370 Å². The highest BCUT2D eigenvalue weighted by Crippen LogP contribution is 2.50. The van der Waals surface area contributed by atoms with E-state index in [1.807, 2.05) is 0 Å². The van der Waals surface area contributed by atoms with Gasteiger partial charge in [-0.15, -0.1) is 0 Å². The topological polar surface area (TPSA) is 38.2 Å². The van der Waals surface area contributed by atoms with Gasteiger partial charge in [0.2, 0.25) is 5.69 Å². The molecule has 2 bridgehead atoms. The van der Waals surface area contributed by atoms with Crippen LogP contribution in [0.3, 0.4) is 0 Å². The van der Waals surface area contributed by atoms with Gasteiger partial charge in [-0.2, -0.15) is 9.13 Å².